The number of aliphatic imine (C=N–C) groups is 1. The van der Waals surface area contributed by atoms with Crippen LogP contribution in [-0.4, -0.2) is 33.4 Å². The first-order valence-electron chi connectivity index (χ1n) is 27.9. The second-order valence-electron chi connectivity index (χ2n) is 26.3. The Morgan fingerprint density at radius 3 is 0.739 bits per heavy atom. The quantitative estimate of drug-likeness (QED) is 0.0992. The molecule has 4 aromatic carbocycles. The topological polar surface area (TPSA) is 12.4 Å². The summed E-state index contributed by atoms with van der Waals surface area (Å²) in [6.45, 7) is 66.9. The van der Waals surface area contributed by atoms with Gasteiger partial charge in [0.05, 0.1) is 13.4 Å². The SMILES string of the molecule is CC(C)c1cc(C(C)C)c([Si]2=[Si](c3c(C(C)C)cc(C(C)C)cc3C(C)C)[Si](c3c(C(C)C)cc(C(C)C)cc3C(C)C)(c3c(C(C)C)cc(C(C)C)cc3C(C)C)C2=NC(C)(C)C)c(C(C)C)c1. The molecule has 0 bridgehead atoms. The summed E-state index contributed by atoms with van der Waals surface area (Å²) in [5.41, 5.74) is 18.6. The molecule has 1 aliphatic rings. The molecule has 0 saturated carbocycles. The molecule has 0 spiro atoms. The molecule has 0 unspecified atom stereocenters. The number of benzene rings is 4. The van der Waals surface area contributed by atoms with Crippen LogP contribution in [0.25, 0.3) is 0 Å². The van der Waals surface area contributed by atoms with Gasteiger partial charge < -0.3 is 0 Å². The molecule has 4 heteroatoms. The molecule has 0 amide bonds. The molecule has 1 aliphatic heterocycles. The van der Waals surface area contributed by atoms with Gasteiger partial charge in [0, 0.05) is 12.4 Å². The van der Waals surface area contributed by atoms with E-state index in [0.29, 0.717) is 71.0 Å². The Labute approximate surface area is 430 Å². The van der Waals surface area contributed by atoms with Gasteiger partial charge in [-0.1, -0.05) is 215 Å². The lowest BCUT2D eigenvalue weighted by atomic mass is 9.89. The van der Waals surface area contributed by atoms with Gasteiger partial charge in [0.1, 0.15) is 0 Å². The van der Waals surface area contributed by atoms with Gasteiger partial charge in [-0.3, -0.25) is 4.99 Å². The zero-order valence-corrected chi connectivity index (χ0v) is 52.5. The maximum atomic E-state index is 6.57. The van der Waals surface area contributed by atoms with Crippen LogP contribution in [0.4, 0.5) is 0 Å². The minimum atomic E-state index is -3.15. The zero-order chi connectivity index (χ0) is 52.3. The van der Waals surface area contributed by atoms with E-state index < -0.39 is 22.9 Å². The Morgan fingerprint density at radius 2 is 0.536 bits per heavy atom. The third kappa shape index (κ3) is 11.0. The van der Waals surface area contributed by atoms with Gasteiger partial charge in [-0.05, 0) is 179 Å². The lowest BCUT2D eigenvalue weighted by molar-refractivity contribution is 0.586. The highest BCUT2D eigenvalue weighted by Gasteiger charge is 2.62. The molecule has 1 heterocycles. The molecule has 0 atom stereocenters. The van der Waals surface area contributed by atoms with Crippen molar-refractivity contribution in [1.82, 2.24) is 0 Å². The molecular weight excluding hydrogens is 879 g/mol. The minimum absolute atomic E-state index is 0.268. The van der Waals surface area contributed by atoms with Crippen molar-refractivity contribution in [3.05, 3.63) is 115 Å². The van der Waals surface area contributed by atoms with E-state index in [4.69, 9.17) is 4.99 Å². The fourth-order valence-corrected chi connectivity index (χ4v) is 46.0. The minimum Gasteiger partial charge on any atom is -0.293 e. The Hall–Kier alpha value is -2.80. The molecule has 0 radical (unpaired) electrons. The summed E-state index contributed by atoms with van der Waals surface area (Å²) >= 11 is 0. The second-order valence-corrected chi connectivity index (χ2v) is 41.0. The van der Waals surface area contributed by atoms with Gasteiger partial charge in [0.15, 0.2) is 7.59 Å². The second kappa shape index (κ2) is 21.7. The summed E-state index contributed by atoms with van der Waals surface area (Å²) in [5.74, 6) is 4.79. The van der Waals surface area contributed by atoms with E-state index in [1.807, 2.05) is 0 Å². The summed E-state index contributed by atoms with van der Waals surface area (Å²) < 4.78 is 0. The average Bonchev–Trinajstić information content (AvgIpc) is 3.23. The van der Waals surface area contributed by atoms with Crippen LogP contribution in [0.2, 0.25) is 0 Å². The molecule has 4 aromatic rings. The standard InChI is InChI=1S/C65H101NSi3/c1-36(2)48-28-52(40(9)10)60(53(29-48)41(11)12)67-64(66-65(25,26)27)69(62-56(44(17)18)32-50(38(5)6)33-57(62)45(19)20,63-58(46(21)22)34-51(39(7)8)35-59(63)47(23)24)68(67)61-54(42(13)14)30-49(37(3)4)31-55(61)43(15)16/h28-47H,1-27H3. The van der Waals surface area contributed by atoms with Gasteiger partial charge in [0.2, 0.25) is 0 Å². The fourth-order valence-electron chi connectivity index (χ4n) is 11.5. The van der Waals surface area contributed by atoms with E-state index in [1.165, 1.54) is 22.3 Å². The summed E-state index contributed by atoms with van der Waals surface area (Å²) in [7, 11) is -6.22. The van der Waals surface area contributed by atoms with Crippen LogP contribution < -0.4 is 20.7 Å². The molecule has 0 aliphatic carbocycles. The van der Waals surface area contributed by atoms with Crippen molar-refractivity contribution < 1.29 is 0 Å². The Bertz CT molecular complexity index is 2370. The van der Waals surface area contributed by atoms with Crippen LogP contribution in [0.1, 0.15) is 325 Å². The lowest BCUT2D eigenvalue weighted by Crippen LogP contribution is -2.89. The normalized spacial score (nSPS) is 15.4. The van der Waals surface area contributed by atoms with Crippen molar-refractivity contribution in [2.45, 2.75) is 263 Å². The molecule has 0 aromatic heterocycles. The molecule has 69 heavy (non-hydrogen) atoms. The third-order valence-corrected chi connectivity index (χ3v) is 40.8. The van der Waals surface area contributed by atoms with E-state index >= 15 is 0 Å². The number of hydrogen-bond acceptors (Lipinski definition) is 1. The van der Waals surface area contributed by atoms with Crippen molar-refractivity contribution in [2.75, 3.05) is 0 Å². The van der Waals surface area contributed by atoms with Crippen LogP contribution in [0.5, 0.6) is 0 Å². The van der Waals surface area contributed by atoms with Crippen molar-refractivity contribution in [1.29, 1.82) is 0 Å². The maximum absolute atomic E-state index is 6.57. The third-order valence-electron chi connectivity index (χ3n) is 15.4. The number of hydrogen-bond donors (Lipinski definition) is 0. The van der Waals surface area contributed by atoms with E-state index in [0.717, 1.165) is 0 Å². The van der Waals surface area contributed by atoms with E-state index in [2.05, 4.69) is 235 Å². The fraction of sp³-hybridized carbons (Fsp3) is 0.615. The zero-order valence-electron chi connectivity index (χ0n) is 49.5. The van der Waals surface area contributed by atoms with Crippen molar-refractivity contribution in [2.24, 2.45) is 4.99 Å². The molecule has 1 nitrogen and oxygen atoms in total. The molecule has 0 saturated heterocycles. The highest BCUT2D eigenvalue weighted by molar-refractivity contribution is 7.81. The van der Waals surface area contributed by atoms with Gasteiger partial charge in [0.25, 0.3) is 0 Å². The smallest absolute Gasteiger partial charge is 0.174 e. The average molecular weight is 981 g/mol. The highest BCUT2D eigenvalue weighted by Crippen LogP contribution is 2.40. The van der Waals surface area contributed by atoms with Crippen molar-refractivity contribution in [3.63, 3.8) is 0 Å². The van der Waals surface area contributed by atoms with Gasteiger partial charge >= 0.3 is 0 Å². The Balaban J connectivity index is 2.51. The van der Waals surface area contributed by atoms with Crippen LogP contribution in [0, 0.1) is 0 Å². The van der Waals surface area contributed by atoms with Crippen LogP contribution in [0.3, 0.4) is 0 Å². The molecule has 0 fully saturated rings. The summed E-state index contributed by atoms with van der Waals surface area (Å²) in [5, 5.41) is 7.06. The first-order valence-corrected chi connectivity index (χ1v) is 34.9. The molecule has 0 N–H and O–H groups in total. The first-order chi connectivity index (χ1) is 31.8. The maximum Gasteiger partial charge on any atom is 0.174 e. The molecular formula is C65H101NSi3. The summed E-state index contributed by atoms with van der Waals surface area (Å²) in [6, 6.07) is 21.7. The predicted molar refractivity (Wildman–Crippen MR) is 318 cm³/mol. The van der Waals surface area contributed by atoms with E-state index in [9.17, 15) is 0 Å². The highest BCUT2D eigenvalue weighted by atomic mass is 29.4. The van der Waals surface area contributed by atoms with Crippen LogP contribution in [0.15, 0.2) is 53.5 Å². The van der Waals surface area contributed by atoms with Crippen LogP contribution >= 0.6 is 0 Å². The van der Waals surface area contributed by atoms with E-state index in [1.54, 1.807) is 70.2 Å². The largest absolute Gasteiger partial charge is 0.293 e. The van der Waals surface area contributed by atoms with Crippen molar-refractivity contribution in [3.8, 4) is 0 Å². The lowest BCUT2D eigenvalue weighted by Gasteiger charge is -2.53. The van der Waals surface area contributed by atoms with Crippen LogP contribution in [-0.2, 0) is 0 Å². The number of nitrogens with zero attached hydrogens (tertiary/aromatic N) is 1. The van der Waals surface area contributed by atoms with Gasteiger partial charge in [-0.25, -0.2) is 0 Å². The number of rotatable bonds is 16. The Kier molecular flexibility index (Phi) is 18.0. The van der Waals surface area contributed by atoms with Gasteiger partial charge in [-0.15, -0.1) is 0 Å². The van der Waals surface area contributed by atoms with E-state index in [-0.39, 0.29) is 5.54 Å². The van der Waals surface area contributed by atoms with Gasteiger partial charge in [-0.2, -0.15) is 0 Å². The molecule has 5 rings (SSSR count). The van der Waals surface area contributed by atoms with Crippen molar-refractivity contribution >= 4 is 48.6 Å². The Morgan fingerprint density at radius 1 is 0.319 bits per heavy atom. The monoisotopic (exact) mass is 980 g/mol. The predicted octanol–water partition coefficient (Wildman–Crippen LogP) is 17.0. The first kappa shape index (κ1) is 57.1. The summed E-state index contributed by atoms with van der Waals surface area (Å²) in [6.07, 6.45) is 0. The molecule has 378 valence electrons. The summed E-state index contributed by atoms with van der Waals surface area (Å²) in [4.78, 5) is 8.25.